The lowest BCUT2D eigenvalue weighted by Gasteiger charge is -2.45. The molecule has 0 aromatic carbocycles. The molecular weight excluding hydrogens is 216 g/mol. The Morgan fingerprint density at radius 1 is 1.24 bits per heavy atom. The number of fused-ring (bicyclic) bond motifs is 2. The predicted molar refractivity (Wildman–Crippen MR) is 63.4 cm³/mol. The molecule has 1 heterocycles. The SMILES string of the molecule is CC1COC2C(O)C3C[C@H](C)CC(=O)C3CC12. The molecule has 0 aromatic heterocycles. The maximum absolute atomic E-state index is 12.1. The van der Waals surface area contributed by atoms with Crippen LogP contribution in [0.2, 0.25) is 0 Å². The molecule has 1 aliphatic heterocycles. The fraction of sp³-hybridized carbons (Fsp3) is 0.929. The van der Waals surface area contributed by atoms with E-state index in [0.717, 1.165) is 19.4 Å². The van der Waals surface area contributed by atoms with Crippen molar-refractivity contribution < 1.29 is 14.6 Å². The lowest BCUT2D eigenvalue weighted by molar-refractivity contribution is -0.145. The first-order valence-corrected chi connectivity index (χ1v) is 6.90. The number of hydrogen-bond donors (Lipinski definition) is 1. The van der Waals surface area contributed by atoms with Crippen LogP contribution in [0.15, 0.2) is 0 Å². The first-order valence-electron chi connectivity index (χ1n) is 6.90. The molecule has 6 unspecified atom stereocenters. The molecule has 2 aliphatic carbocycles. The smallest absolute Gasteiger partial charge is 0.136 e. The van der Waals surface area contributed by atoms with Crippen LogP contribution in [0.5, 0.6) is 0 Å². The third kappa shape index (κ3) is 1.75. The summed E-state index contributed by atoms with van der Waals surface area (Å²) in [7, 11) is 0. The minimum atomic E-state index is -0.421. The highest BCUT2D eigenvalue weighted by molar-refractivity contribution is 5.82. The molecule has 3 fully saturated rings. The summed E-state index contributed by atoms with van der Waals surface area (Å²) in [6.07, 6.45) is 2.21. The zero-order valence-corrected chi connectivity index (χ0v) is 10.6. The van der Waals surface area contributed by atoms with Crippen molar-refractivity contribution in [3.05, 3.63) is 0 Å². The minimum absolute atomic E-state index is 0.00986. The second-order valence-electron chi connectivity index (χ2n) is 6.45. The number of carbonyl (C=O) groups excluding carboxylic acids is 1. The van der Waals surface area contributed by atoms with E-state index in [9.17, 15) is 9.90 Å². The van der Waals surface area contributed by atoms with Gasteiger partial charge in [-0.3, -0.25) is 4.79 Å². The summed E-state index contributed by atoms with van der Waals surface area (Å²) < 4.78 is 5.74. The number of carbonyl (C=O) groups is 1. The summed E-state index contributed by atoms with van der Waals surface area (Å²) in [5.41, 5.74) is 0. The summed E-state index contributed by atoms with van der Waals surface area (Å²) in [4.78, 5) is 12.1. The number of Topliss-reactive ketones (excluding diaryl/α,β-unsaturated/α-hetero) is 1. The van der Waals surface area contributed by atoms with E-state index in [1.165, 1.54) is 0 Å². The molecule has 3 aliphatic rings. The molecule has 0 amide bonds. The van der Waals surface area contributed by atoms with Crippen molar-refractivity contribution in [1.82, 2.24) is 0 Å². The van der Waals surface area contributed by atoms with Crippen LogP contribution < -0.4 is 0 Å². The maximum Gasteiger partial charge on any atom is 0.136 e. The molecule has 96 valence electrons. The largest absolute Gasteiger partial charge is 0.390 e. The van der Waals surface area contributed by atoms with Gasteiger partial charge in [-0.25, -0.2) is 0 Å². The van der Waals surface area contributed by atoms with Crippen LogP contribution in [0.1, 0.15) is 33.1 Å². The zero-order chi connectivity index (χ0) is 12.2. The van der Waals surface area contributed by atoms with Crippen molar-refractivity contribution in [2.24, 2.45) is 29.6 Å². The Morgan fingerprint density at radius 3 is 2.76 bits per heavy atom. The molecule has 3 rings (SSSR count). The van der Waals surface area contributed by atoms with Crippen molar-refractivity contribution in [1.29, 1.82) is 0 Å². The van der Waals surface area contributed by atoms with Crippen LogP contribution >= 0.6 is 0 Å². The van der Waals surface area contributed by atoms with Crippen LogP contribution in [0.3, 0.4) is 0 Å². The Morgan fingerprint density at radius 2 is 2.00 bits per heavy atom. The summed E-state index contributed by atoms with van der Waals surface area (Å²) in [6, 6.07) is 0. The highest BCUT2D eigenvalue weighted by Gasteiger charge is 2.52. The van der Waals surface area contributed by atoms with Crippen LogP contribution in [0, 0.1) is 29.6 Å². The lowest BCUT2D eigenvalue weighted by Crippen LogP contribution is -2.51. The van der Waals surface area contributed by atoms with Gasteiger partial charge in [0.1, 0.15) is 5.78 Å². The van der Waals surface area contributed by atoms with Gasteiger partial charge in [0.15, 0.2) is 0 Å². The second kappa shape index (κ2) is 4.06. The van der Waals surface area contributed by atoms with Crippen molar-refractivity contribution in [2.45, 2.75) is 45.3 Å². The molecule has 1 N–H and O–H groups in total. The first-order chi connectivity index (χ1) is 8.08. The molecule has 17 heavy (non-hydrogen) atoms. The van der Waals surface area contributed by atoms with E-state index in [2.05, 4.69) is 13.8 Å². The van der Waals surface area contributed by atoms with Crippen LogP contribution in [0.25, 0.3) is 0 Å². The van der Waals surface area contributed by atoms with Gasteiger partial charge in [0.05, 0.1) is 18.8 Å². The van der Waals surface area contributed by atoms with Gasteiger partial charge in [-0.05, 0) is 36.5 Å². The normalized spacial score (nSPS) is 54.3. The maximum atomic E-state index is 12.1. The average Bonchev–Trinajstić information content (AvgIpc) is 2.63. The topological polar surface area (TPSA) is 46.5 Å². The van der Waals surface area contributed by atoms with Crippen molar-refractivity contribution in [3.63, 3.8) is 0 Å². The highest BCUT2D eigenvalue weighted by atomic mass is 16.5. The molecule has 7 atom stereocenters. The number of ether oxygens (including phenoxy) is 1. The van der Waals surface area contributed by atoms with E-state index in [4.69, 9.17) is 4.74 Å². The molecule has 0 aromatic rings. The van der Waals surface area contributed by atoms with Gasteiger partial charge >= 0.3 is 0 Å². The molecule has 0 radical (unpaired) electrons. The Kier molecular flexibility index (Phi) is 2.79. The number of ketones is 1. The van der Waals surface area contributed by atoms with Gasteiger partial charge in [0, 0.05) is 12.3 Å². The predicted octanol–water partition coefficient (Wildman–Crippen LogP) is 1.63. The third-order valence-electron chi connectivity index (χ3n) is 5.16. The monoisotopic (exact) mass is 238 g/mol. The first kappa shape index (κ1) is 11.7. The molecule has 0 bridgehead atoms. The van der Waals surface area contributed by atoms with E-state index in [1.807, 2.05) is 0 Å². The lowest BCUT2D eigenvalue weighted by atomic mass is 9.61. The van der Waals surface area contributed by atoms with E-state index in [-0.39, 0.29) is 17.9 Å². The summed E-state index contributed by atoms with van der Waals surface area (Å²) >= 11 is 0. The highest BCUT2D eigenvalue weighted by Crippen LogP contribution is 2.48. The fourth-order valence-electron chi connectivity index (χ4n) is 4.22. The van der Waals surface area contributed by atoms with Crippen molar-refractivity contribution in [3.8, 4) is 0 Å². The number of rotatable bonds is 0. The molecular formula is C14H22O3. The summed E-state index contributed by atoms with van der Waals surface area (Å²) in [5, 5.41) is 10.5. The van der Waals surface area contributed by atoms with E-state index in [1.54, 1.807) is 0 Å². The molecule has 1 saturated heterocycles. The Labute approximate surface area is 103 Å². The fourth-order valence-corrected chi connectivity index (χ4v) is 4.22. The van der Waals surface area contributed by atoms with Gasteiger partial charge in [-0.1, -0.05) is 13.8 Å². The third-order valence-corrected chi connectivity index (χ3v) is 5.16. The summed E-state index contributed by atoms with van der Waals surface area (Å²) in [5.74, 6) is 1.94. The van der Waals surface area contributed by atoms with Gasteiger partial charge in [-0.15, -0.1) is 0 Å². The molecule has 0 spiro atoms. The molecule has 2 saturated carbocycles. The van der Waals surface area contributed by atoms with E-state index >= 15 is 0 Å². The Hall–Kier alpha value is -0.410. The van der Waals surface area contributed by atoms with Crippen LogP contribution in [-0.2, 0) is 9.53 Å². The number of aliphatic hydroxyl groups is 1. The van der Waals surface area contributed by atoms with Crippen molar-refractivity contribution >= 4 is 5.78 Å². The van der Waals surface area contributed by atoms with Gasteiger partial charge < -0.3 is 9.84 Å². The van der Waals surface area contributed by atoms with Crippen LogP contribution in [-0.4, -0.2) is 29.7 Å². The number of hydrogen-bond acceptors (Lipinski definition) is 3. The Balaban J connectivity index is 1.85. The molecule has 3 nitrogen and oxygen atoms in total. The van der Waals surface area contributed by atoms with Gasteiger partial charge in [-0.2, -0.15) is 0 Å². The minimum Gasteiger partial charge on any atom is -0.390 e. The van der Waals surface area contributed by atoms with E-state index in [0.29, 0.717) is 30.0 Å². The van der Waals surface area contributed by atoms with Gasteiger partial charge in [0.25, 0.3) is 0 Å². The standard InChI is InChI=1S/C14H22O3/c1-7-3-11-10(12(15)4-7)5-9-8(2)6-17-14(9)13(11)16/h7-11,13-14,16H,3-6H2,1-2H3/t7-,8?,9?,10?,11?,13?,14?/m0/s1. The number of aliphatic hydroxyl groups excluding tert-OH is 1. The average molecular weight is 238 g/mol. The van der Waals surface area contributed by atoms with E-state index < -0.39 is 6.10 Å². The Bertz CT molecular complexity index is 327. The summed E-state index contributed by atoms with van der Waals surface area (Å²) in [6.45, 7) is 5.04. The van der Waals surface area contributed by atoms with Crippen molar-refractivity contribution in [2.75, 3.05) is 6.61 Å². The van der Waals surface area contributed by atoms with Crippen LogP contribution in [0.4, 0.5) is 0 Å². The second-order valence-corrected chi connectivity index (χ2v) is 6.45. The molecule has 3 heteroatoms. The van der Waals surface area contributed by atoms with Gasteiger partial charge in [0.2, 0.25) is 0 Å². The zero-order valence-electron chi connectivity index (χ0n) is 10.6. The quantitative estimate of drug-likeness (QED) is 0.698.